The van der Waals surface area contributed by atoms with Crippen molar-refractivity contribution in [3.63, 3.8) is 0 Å². The van der Waals surface area contributed by atoms with Crippen LogP contribution in [0.5, 0.6) is 0 Å². The van der Waals surface area contributed by atoms with Crippen LogP contribution in [-0.2, 0) is 22.4 Å². The molecule has 2 heterocycles. The van der Waals surface area contributed by atoms with Crippen molar-refractivity contribution < 1.29 is 19.4 Å². The summed E-state index contributed by atoms with van der Waals surface area (Å²) >= 11 is 0. The number of pyridine rings is 1. The molecule has 220 valence electrons. The monoisotopic (exact) mass is 545 g/mol. The topological polar surface area (TPSA) is 107 Å². The second-order valence-electron chi connectivity index (χ2n) is 11.6. The van der Waals surface area contributed by atoms with E-state index in [-0.39, 0.29) is 18.1 Å². The number of anilines is 1. The average molecular weight is 546 g/mol. The van der Waals surface area contributed by atoms with E-state index in [1.165, 1.54) is 18.4 Å². The van der Waals surface area contributed by atoms with Crippen molar-refractivity contribution in [2.45, 2.75) is 116 Å². The molecule has 1 aliphatic heterocycles. The minimum atomic E-state index is -0.995. The van der Waals surface area contributed by atoms with Gasteiger partial charge in [0.2, 0.25) is 0 Å². The summed E-state index contributed by atoms with van der Waals surface area (Å²) in [6.07, 6.45) is 10.7. The molecule has 0 radical (unpaired) electrons. The molecule has 2 aliphatic rings. The minimum absolute atomic E-state index is 0.0101. The average Bonchev–Trinajstić information content (AvgIpc) is 3.41. The van der Waals surface area contributed by atoms with E-state index in [0.29, 0.717) is 25.7 Å². The molecule has 1 aromatic rings. The van der Waals surface area contributed by atoms with Crippen LogP contribution < -0.4 is 10.6 Å². The number of aryl methyl sites for hydroxylation is 2. The Morgan fingerprint density at radius 2 is 1.82 bits per heavy atom. The highest BCUT2D eigenvalue weighted by Gasteiger charge is 2.26. The molecule has 0 bridgehead atoms. The van der Waals surface area contributed by atoms with Gasteiger partial charge in [0, 0.05) is 37.4 Å². The van der Waals surface area contributed by atoms with Crippen molar-refractivity contribution in [1.29, 1.82) is 0 Å². The number of urea groups is 1. The molecular weight excluding hydrogens is 494 g/mol. The van der Waals surface area contributed by atoms with Crippen LogP contribution in [0.1, 0.15) is 90.3 Å². The standard InChI is InChI=1S/C30H51N5O4/c1-22(2)35(23(3)4)30(38)33-27(29(36)37)16-19-34(20-21-39-26-12-5-6-13-26)18-8-7-11-25-15-14-24-10-9-17-31-28(24)32-25/h14-15,22-23,26-27H,5-13,16-21H2,1-4H3,(H,31,32)(H,33,38)(H,36,37). The van der Waals surface area contributed by atoms with E-state index in [9.17, 15) is 14.7 Å². The lowest BCUT2D eigenvalue weighted by molar-refractivity contribution is -0.139. The number of hydrogen-bond acceptors (Lipinski definition) is 6. The summed E-state index contributed by atoms with van der Waals surface area (Å²) in [6.45, 7) is 11.6. The van der Waals surface area contributed by atoms with Crippen molar-refractivity contribution in [3.05, 3.63) is 23.4 Å². The Morgan fingerprint density at radius 3 is 2.51 bits per heavy atom. The van der Waals surface area contributed by atoms with Crippen molar-refractivity contribution in [3.8, 4) is 0 Å². The Hall–Kier alpha value is -2.39. The van der Waals surface area contributed by atoms with Gasteiger partial charge in [0.1, 0.15) is 11.9 Å². The predicted octanol–water partition coefficient (Wildman–Crippen LogP) is 4.70. The molecule has 0 spiro atoms. The molecule has 3 rings (SSSR count). The number of carbonyl (C=O) groups excluding carboxylic acids is 1. The summed E-state index contributed by atoms with van der Waals surface area (Å²) in [5, 5.41) is 16.0. The summed E-state index contributed by atoms with van der Waals surface area (Å²) in [5.74, 6) is 0.0461. The van der Waals surface area contributed by atoms with Crippen molar-refractivity contribution in [2.24, 2.45) is 0 Å². The molecule has 39 heavy (non-hydrogen) atoms. The zero-order valence-corrected chi connectivity index (χ0v) is 24.6. The van der Waals surface area contributed by atoms with Crippen molar-refractivity contribution in [2.75, 3.05) is 38.1 Å². The quantitative estimate of drug-likeness (QED) is 0.259. The normalized spacial score (nSPS) is 16.4. The smallest absolute Gasteiger partial charge is 0.326 e. The maximum absolute atomic E-state index is 12.8. The van der Waals surface area contributed by atoms with E-state index in [1.54, 1.807) is 4.90 Å². The van der Waals surface area contributed by atoms with Gasteiger partial charge in [0.15, 0.2) is 0 Å². The largest absolute Gasteiger partial charge is 0.480 e. The first kappa shape index (κ1) is 31.1. The molecule has 1 fully saturated rings. The lowest BCUT2D eigenvalue weighted by atomic mass is 10.1. The Bertz CT molecular complexity index is 895. The van der Waals surface area contributed by atoms with Gasteiger partial charge in [0.25, 0.3) is 0 Å². The number of carbonyl (C=O) groups is 2. The first-order valence-electron chi connectivity index (χ1n) is 15.1. The molecular formula is C30H51N5O4. The van der Waals surface area contributed by atoms with E-state index in [1.807, 2.05) is 27.7 Å². The number of aliphatic carboxylic acids is 1. The molecule has 9 nitrogen and oxygen atoms in total. The molecule has 1 unspecified atom stereocenters. The highest BCUT2D eigenvalue weighted by Crippen LogP contribution is 2.21. The molecule has 0 saturated heterocycles. The third kappa shape index (κ3) is 10.3. The third-order valence-corrected chi connectivity index (χ3v) is 7.85. The minimum Gasteiger partial charge on any atom is -0.480 e. The Labute approximate surface area is 235 Å². The van der Waals surface area contributed by atoms with Crippen LogP contribution in [-0.4, -0.2) is 88.9 Å². The van der Waals surface area contributed by atoms with Gasteiger partial charge in [-0.3, -0.25) is 0 Å². The number of hydrogen-bond donors (Lipinski definition) is 3. The summed E-state index contributed by atoms with van der Waals surface area (Å²) < 4.78 is 6.11. The number of rotatable bonds is 16. The van der Waals surface area contributed by atoms with E-state index in [2.05, 4.69) is 27.7 Å². The van der Waals surface area contributed by atoms with Crippen LogP contribution in [0.3, 0.4) is 0 Å². The van der Waals surface area contributed by atoms with E-state index >= 15 is 0 Å². The number of carboxylic acid groups (broad SMARTS) is 1. The lowest BCUT2D eigenvalue weighted by Gasteiger charge is -2.32. The number of nitrogens with zero attached hydrogens (tertiary/aromatic N) is 3. The number of fused-ring (bicyclic) bond motifs is 1. The summed E-state index contributed by atoms with van der Waals surface area (Å²) in [7, 11) is 0. The molecule has 1 aliphatic carbocycles. The van der Waals surface area contributed by atoms with Gasteiger partial charge in [-0.05, 0) is 97.2 Å². The van der Waals surface area contributed by atoms with E-state index < -0.39 is 12.0 Å². The van der Waals surface area contributed by atoms with Gasteiger partial charge in [-0.1, -0.05) is 18.9 Å². The second kappa shape index (κ2) is 16.0. The van der Waals surface area contributed by atoms with Crippen LogP contribution >= 0.6 is 0 Å². The van der Waals surface area contributed by atoms with Crippen molar-refractivity contribution in [1.82, 2.24) is 20.1 Å². The van der Waals surface area contributed by atoms with Crippen LogP contribution in [0.4, 0.5) is 10.6 Å². The van der Waals surface area contributed by atoms with Gasteiger partial charge in [-0.15, -0.1) is 0 Å². The molecule has 2 amide bonds. The predicted molar refractivity (Wildman–Crippen MR) is 155 cm³/mol. The first-order chi connectivity index (χ1) is 18.7. The second-order valence-corrected chi connectivity index (χ2v) is 11.6. The first-order valence-corrected chi connectivity index (χ1v) is 15.1. The fourth-order valence-corrected chi connectivity index (χ4v) is 5.75. The fraction of sp³-hybridized carbons (Fsp3) is 0.767. The van der Waals surface area contributed by atoms with Crippen molar-refractivity contribution >= 4 is 17.8 Å². The highest BCUT2D eigenvalue weighted by atomic mass is 16.5. The SMILES string of the molecule is CC(C)N(C(=O)NC(CCN(CCCCc1ccc2c(n1)NCCC2)CCOC1CCCC1)C(=O)O)C(C)C. The number of nitrogens with one attached hydrogen (secondary N) is 2. The lowest BCUT2D eigenvalue weighted by Crippen LogP contribution is -2.53. The Kier molecular flexibility index (Phi) is 12.8. The molecule has 0 aromatic carbocycles. The maximum atomic E-state index is 12.8. The summed E-state index contributed by atoms with van der Waals surface area (Å²) in [5.41, 5.74) is 2.43. The molecule has 9 heteroatoms. The zero-order chi connectivity index (χ0) is 28.2. The van der Waals surface area contributed by atoms with Gasteiger partial charge in [-0.25, -0.2) is 14.6 Å². The summed E-state index contributed by atoms with van der Waals surface area (Å²) in [6, 6.07) is 3.08. The number of ether oxygens (including phenoxy) is 1. The molecule has 1 saturated carbocycles. The number of carboxylic acids is 1. The van der Waals surface area contributed by atoms with Crippen LogP contribution in [0, 0.1) is 0 Å². The number of amides is 2. The van der Waals surface area contributed by atoms with Gasteiger partial charge < -0.3 is 30.3 Å². The Morgan fingerprint density at radius 1 is 1.08 bits per heavy atom. The van der Waals surface area contributed by atoms with Gasteiger partial charge in [0.05, 0.1) is 12.7 Å². The van der Waals surface area contributed by atoms with Crippen LogP contribution in [0.15, 0.2) is 12.1 Å². The van der Waals surface area contributed by atoms with E-state index in [0.717, 1.165) is 76.1 Å². The number of unbranched alkanes of at least 4 members (excludes halogenated alkanes) is 1. The molecule has 3 N–H and O–H groups in total. The zero-order valence-electron chi connectivity index (χ0n) is 24.6. The maximum Gasteiger partial charge on any atom is 0.326 e. The van der Waals surface area contributed by atoms with Crippen LogP contribution in [0.2, 0.25) is 0 Å². The highest BCUT2D eigenvalue weighted by molar-refractivity contribution is 5.82. The molecule has 1 atom stereocenters. The summed E-state index contributed by atoms with van der Waals surface area (Å²) in [4.78, 5) is 33.7. The number of aromatic nitrogens is 1. The Balaban J connectivity index is 1.51. The van der Waals surface area contributed by atoms with E-state index in [4.69, 9.17) is 9.72 Å². The van der Waals surface area contributed by atoms with Crippen LogP contribution in [0.25, 0.3) is 0 Å². The van der Waals surface area contributed by atoms with Gasteiger partial charge >= 0.3 is 12.0 Å². The third-order valence-electron chi connectivity index (χ3n) is 7.85. The van der Waals surface area contributed by atoms with Gasteiger partial charge in [-0.2, -0.15) is 0 Å². The fourth-order valence-electron chi connectivity index (χ4n) is 5.75. The molecule has 1 aromatic heterocycles.